The Hall–Kier alpha value is -2.46. The van der Waals surface area contributed by atoms with Gasteiger partial charge in [0, 0.05) is 17.5 Å². The van der Waals surface area contributed by atoms with E-state index >= 15 is 0 Å². The van der Waals surface area contributed by atoms with Gasteiger partial charge in [-0.1, -0.05) is 55.0 Å². The highest BCUT2D eigenvalue weighted by molar-refractivity contribution is 7.85. The SMILES string of the molecule is Cc1ccc(S(=O)c2cccn2C(=O)C[C@@H](C)c2ccccc2)cc1. The van der Waals surface area contributed by atoms with Crippen LogP contribution in [0.5, 0.6) is 0 Å². The van der Waals surface area contributed by atoms with Gasteiger partial charge in [-0.25, -0.2) is 4.21 Å². The van der Waals surface area contributed by atoms with E-state index in [1.165, 1.54) is 4.57 Å². The number of carbonyl (C=O) groups excluding carboxylic acids is 1. The quantitative estimate of drug-likeness (QED) is 0.662. The van der Waals surface area contributed by atoms with E-state index in [0.29, 0.717) is 16.3 Å². The third-order valence-corrected chi connectivity index (χ3v) is 5.67. The molecule has 0 amide bonds. The lowest BCUT2D eigenvalue weighted by atomic mass is 9.97. The van der Waals surface area contributed by atoms with Gasteiger partial charge in [-0.15, -0.1) is 0 Å². The van der Waals surface area contributed by atoms with E-state index in [2.05, 4.69) is 0 Å². The molecule has 1 aromatic heterocycles. The minimum absolute atomic E-state index is 0.0446. The zero-order chi connectivity index (χ0) is 17.8. The van der Waals surface area contributed by atoms with E-state index in [-0.39, 0.29) is 11.8 Å². The van der Waals surface area contributed by atoms with Crippen LogP contribution < -0.4 is 0 Å². The van der Waals surface area contributed by atoms with E-state index in [0.717, 1.165) is 11.1 Å². The van der Waals surface area contributed by atoms with Gasteiger partial charge in [0.15, 0.2) is 0 Å². The largest absolute Gasteiger partial charge is 0.279 e. The van der Waals surface area contributed by atoms with Crippen LogP contribution in [0.1, 0.15) is 35.2 Å². The summed E-state index contributed by atoms with van der Waals surface area (Å²) in [5.41, 5.74) is 2.24. The lowest BCUT2D eigenvalue weighted by Crippen LogP contribution is -2.16. The molecule has 0 saturated carbocycles. The summed E-state index contributed by atoms with van der Waals surface area (Å²) >= 11 is 0. The van der Waals surface area contributed by atoms with Gasteiger partial charge in [0.2, 0.25) is 5.91 Å². The highest BCUT2D eigenvalue weighted by Gasteiger charge is 2.18. The van der Waals surface area contributed by atoms with Gasteiger partial charge in [-0.05, 0) is 42.7 Å². The normalized spacial score (nSPS) is 13.4. The van der Waals surface area contributed by atoms with Gasteiger partial charge in [-0.3, -0.25) is 9.36 Å². The van der Waals surface area contributed by atoms with Crippen LogP contribution in [0.25, 0.3) is 0 Å². The molecular formula is C21H21NO2S. The van der Waals surface area contributed by atoms with Crippen LogP contribution in [0.2, 0.25) is 0 Å². The minimum Gasteiger partial charge on any atom is -0.279 e. The molecule has 0 aliphatic carbocycles. The number of aromatic nitrogens is 1. The average molecular weight is 351 g/mol. The fourth-order valence-electron chi connectivity index (χ4n) is 2.76. The molecule has 1 heterocycles. The first-order valence-electron chi connectivity index (χ1n) is 8.30. The molecule has 0 N–H and O–H groups in total. The van der Waals surface area contributed by atoms with Crippen molar-refractivity contribution >= 4 is 16.7 Å². The zero-order valence-corrected chi connectivity index (χ0v) is 15.2. The average Bonchev–Trinajstić information content (AvgIpc) is 3.12. The summed E-state index contributed by atoms with van der Waals surface area (Å²) in [4.78, 5) is 13.4. The fourth-order valence-corrected chi connectivity index (χ4v) is 3.93. The van der Waals surface area contributed by atoms with E-state index in [1.807, 2.05) is 68.4 Å². The molecular weight excluding hydrogens is 330 g/mol. The molecule has 128 valence electrons. The van der Waals surface area contributed by atoms with Gasteiger partial charge in [0.05, 0.1) is 0 Å². The van der Waals surface area contributed by atoms with Crippen molar-refractivity contribution in [3.8, 4) is 0 Å². The third kappa shape index (κ3) is 3.97. The molecule has 0 aliphatic heterocycles. The van der Waals surface area contributed by atoms with Crippen molar-refractivity contribution in [2.45, 2.75) is 36.1 Å². The second kappa shape index (κ2) is 7.62. The Bertz CT molecular complexity index is 882. The van der Waals surface area contributed by atoms with Crippen molar-refractivity contribution in [1.82, 2.24) is 4.57 Å². The van der Waals surface area contributed by atoms with Crippen molar-refractivity contribution in [3.63, 3.8) is 0 Å². The van der Waals surface area contributed by atoms with Crippen molar-refractivity contribution < 1.29 is 9.00 Å². The van der Waals surface area contributed by atoms with Gasteiger partial charge in [0.25, 0.3) is 0 Å². The lowest BCUT2D eigenvalue weighted by Gasteiger charge is -2.13. The maximum absolute atomic E-state index is 12.8. The number of rotatable bonds is 5. The number of benzene rings is 2. The first kappa shape index (κ1) is 17.4. The smallest absolute Gasteiger partial charge is 0.232 e. The highest BCUT2D eigenvalue weighted by atomic mass is 32.2. The standard InChI is InChI=1S/C21H21NO2S/c1-16-10-12-19(13-11-16)25(24)21-9-6-14-22(21)20(23)15-17(2)18-7-4-3-5-8-18/h3-14,17H,15H2,1-2H3/t17-,25?/m1/s1. The summed E-state index contributed by atoms with van der Waals surface area (Å²) in [5.74, 6) is 0.0635. The fraction of sp³-hybridized carbons (Fsp3) is 0.190. The molecule has 4 heteroatoms. The van der Waals surface area contributed by atoms with Gasteiger partial charge in [0.1, 0.15) is 15.8 Å². The topological polar surface area (TPSA) is 39.1 Å². The molecule has 3 aromatic rings. The van der Waals surface area contributed by atoms with Crippen LogP contribution in [0, 0.1) is 6.92 Å². The lowest BCUT2D eigenvalue weighted by molar-refractivity contribution is 0.0885. The molecule has 3 nitrogen and oxygen atoms in total. The summed E-state index contributed by atoms with van der Waals surface area (Å²) in [5, 5.41) is 0.522. The molecule has 0 spiro atoms. The van der Waals surface area contributed by atoms with Gasteiger partial charge >= 0.3 is 0 Å². The molecule has 0 bridgehead atoms. The highest BCUT2D eigenvalue weighted by Crippen LogP contribution is 2.22. The van der Waals surface area contributed by atoms with Crippen LogP contribution in [0.3, 0.4) is 0 Å². The number of carbonyl (C=O) groups is 1. The molecule has 0 radical (unpaired) electrons. The molecule has 0 saturated heterocycles. The van der Waals surface area contributed by atoms with Gasteiger partial charge < -0.3 is 0 Å². The van der Waals surface area contributed by atoms with E-state index < -0.39 is 10.8 Å². The Morgan fingerprint density at radius 1 is 1.00 bits per heavy atom. The molecule has 1 unspecified atom stereocenters. The summed E-state index contributed by atoms with van der Waals surface area (Å²) in [6.07, 6.45) is 2.07. The maximum Gasteiger partial charge on any atom is 0.232 e. The monoisotopic (exact) mass is 351 g/mol. The first-order valence-corrected chi connectivity index (χ1v) is 9.45. The van der Waals surface area contributed by atoms with E-state index in [9.17, 15) is 9.00 Å². The molecule has 25 heavy (non-hydrogen) atoms. The van der Waals surface area contributed by atoms with Crippen LogP contribution >= 0.6 is 0 Å². The number of hydrogen-bond acceptors (Lipinski definition) is 2. The van der Waals surface area contributed by atoms with E-state index in [1.54, 1.807) is 18.3 Å². The van der Waals surface area contributed by atoms with Crippen LogP contribution in [0.15, 0.2) is 82.8 Å². The first-order chi connectivity index (χ1) is 12.1. The van der Waals surface area contributed by atoms with E-state index in [4.69, 9.17) is 0 Å². The number of hydrogen-bond donors (Lipinski definition) is 0. The Morgan fingerprint density at radius 3 is 2.36 bits per heavy atom. The summed E-state index contributed by atoms with van der Waals surface area (Å²) in [6.45, 7) is 4.03. The number of aryl methyl sites for hydroxylation is 1. The summed E-state index contributed by atoms with van der Waals surface area (Å²) in [7, 11) is -1.37. The Morgan fingerprint density at radius 2 is 1.68 bits per heavy atom. The molecule has 0 aliphatic rings. The van der Waals surface area contributed by atoms with Crippen LogP contribution in [0.4, 0.5) is 0 Å². The zero-order valence-electron chi connectivity index (χ0n) is 14.4. The summed E-state index contributed by atoms with van der Waals surface area (Å²) < 4.78 is 14.4. The molecule has 2 aromatic carbocycles. The molecule has 0 fully saturated rings. The Kier molecular flexibility index (Phi) is 5.29. The Balaban J connectivity index is 1.80. The van der Waals surface area contributed by atoms with Crippen molar-refractivity contribution in [2.75, 3.05) is 0 Å². The number of nitrogens with zero attached hydrogens (tertiary/aromatic N) is 1. The predicted molar refractivity (Wildman–Crippen MR) is 100 cm³/mol. The maximum atomic E-state index is 12.8. The third-order valence-electron chi connectivity index (χ3n) is 4.25. The van der Waals surface area contributed by atoms with Crippen LogP contribution in [-0.4, -0.2) is 14.7 Å². The predicted octanol–water partition coefficient (Wildman–Crippen LogP) is 4.80. The van der Waals surface area contributed by atoms with Crippen LogP contribution in [-0.2, 0) is 10.8 Å². The summed E-state index contributed by atoms with van der Waals surface area (Å²) in [6, 6.07) is 21.0. The minimum atomic E-state index is -1.37. The molecule has 3 rings (SSSR count). The van der Waals surface area contributed by atoms with Crippen molar-refractivity contribution in [1.29, 1.82) is 0 Å². The molecule has 2 atom stereocenters. The Labute approximate surface area is 150 Å². The van der Waals surface area contributed by atoms with Gasteiger partial charge in [-0.2, -0.15) is 0 Å². The second-order valence-electron chi connectivity index (χ2n) is 6.21. The van der Waals surface area contributed by atoms with Crippen molar-refractivity contribution in [3.05, 3.63) is 84.1 Å². The van der Waals surface area contributed by atoms with Crippen molar-refractivity contribution in [2.24, 2.45) is 0 Å². The second-order valence-corrected chi connectivity index (χ2v) is 7.63.